The van der Waals surface area contributed by atoms with Gasteiger partial charge in [-0.2, -0.15) is 0 Å². The maximum atomic E-state index is 13.8. The minimum atomic E-state index is -1.30. The third-order valence-electron chi connectivity index (χ3n) is 6.67. The molecular weight excluding hydrogens is 388 g/mol. The van der Waals surface area contributed by atoms with Crippen LogP contribution < -0.4 is 0 Å². The number of hydrogen-bond donors (Lipinski definition) is 1. The average Bonchev–Trinajstić information content (AvgIpc) is 2.94. The molecule has 0 saturated carbocycles. The highest BCUT2D eigenvalue weighted by molar-refractivity contribution is 5.99. The number of carbonyl (C=O) groups is 3. The molecule has 2 amide bonds. The van der Waals surface area contributed by atoms with Crippen LogP contribution in [-0.2, 0) is 23.9 Å². The zero-order chi connectivity index (χ0) is 21.9. The average molecular weight is 418 g/mol. The third-order valence-corrected chi connectivity index (χ3v) is 6.67. The van der Waals surface area contributed by atoms with Crippen molar-refractivity contribution in [2.24, 2.45) is 11.8 Å². The van der Waals surface area contributed by atoms with E-state index < -0.39 is 40.6 Å². The third kappa shape index (κ3) is 2.84. The summed E-state index contributed by atoms with van der Waals surface area (Å²) < 4.78 is 12.0. The first kappa shape index (κ1) is 21.1. The molecule has 2 saturated heterocycles. The van der Waals surface area contributed by atoms with Gasteiger partial charge >= 0.3 is 5.97 Å². The molecule has 4 heterocycles. The van der Waals surface area contributed by atoms with Crippen LogP contribution in [-0.4, -0.2) is 81.8 Å². The van der Waals surface area contributed by atoms with Crippen molar-refractivity contribution >= 4 is 17.8 Å². The number of likely N-dealkylation sites (tertiary alicyclic amines) is 1. The fraction of sp³-hybridized carbons (Fsp3) is 0.682. The SMILES string of the molecule is CC(C)(C)N1CC=C[C@]23O[C@@]4(C)C=CCCOC(=O)[C@H]4[C@H]2C(=O)N(CCO)C3C1=O. The maximum Gasteiger partial charge on any atom is 0.313 e. The van der Waals surface area contributed by atoms with Gasteiger partial charge in [-0.25, -0.2) is 0 Å². The lowest BCUT2D eigenvalue weighted by Gasteiger charge is -2.41. The van der Waals surface area contributed by atoms with E-state index in [1.807, 2.05) is 39.0 Å². The number of esters is 1. The number of hydrogen-bond acceptors (Lipinski definition) is 6. The van der Waals surface area contributed by atoms with Crippen molar-refractivity contribution in [3.8, 4) is 0 Å². The van der Waals surface area contributed by atoms with Crippen molar-refractivity contribution in [2.75, 3.05) is 26.3 Å². The summed E-state index contributed by atoms with van der Waals surface area (Å²) in [7, 11) is 0. The number of fused-ring (bicyclic) bond motifs is 2. The molecule has 4 aliphatic rings. The Morgan fingerprint density at radius 3 is 2.53 bits per heavy atom. The largest absolute Gasteiger partial charge is 0.465 e. The molecule has 0 aromatic carbocycles. The van der Waals surface area contributed by atoms with Gasteiger partial charge in [0.05, 0.1) is 24.7 Å². The van der Waals surface area contributed by atoms with Gasteiger partial charge in [0.25, 0.3) is 0 Å². The van der Waals surface area contributed by atoms with E-state index in [0.717, 1.165) is 0 Å². The van der Waals surface area contributed by atoms with E-state index in [2.05, 4.69) is 0 Å². The molecule has 1 unspecified atom stereocenters. The van der Waals surface area contributed by atoms with E-state index in [-0.39, 0.29) is 31.6 Å². The van der Waals surface area contributed by atoms with Gasteiger partial charge in [0, 0.05) is 18.6 Å². The number of cyclic esters (lactones) is 1. The number of ether oxygens (including phenoxy) is 2. The molecule has 4 aliphatic heterocycles. The van der Waals surface area contributed by atoms with Crippen LogP contribution in [0.4, 0.5) is 0 Å². The second-order valence-corrected chi connectivity index (χ2v) is 9.63. The molecule has 0 aromatic rings. The summed E-state index contributed by atoms with van der Waals surface area (Å²) >= 11 is 0. The molecule has 4 rings (SSSR count). The highest BCUT2D eigenvalue weighted by Crippen LogP contribution is 2.57. The Balaban J connectivity index is 1.89. The van der Waals surface area contributed by atoms with E-state index in [4.69, 9.17) is 9.47 Å². The van der Waals surface area contributed by atoms with Gasteiger partial charge < -0.3 is 24.4 Å². The van der Waals surface area contributed by atoms with Gasteiger partial charge in [0.1, 0.15) is 17.6 Å². The number of nitrogens with zero attached hydrogens (tertiary/aromatic N) is 2. The molecule has 8 heteroatoms. The Labute approximate surface area is 176 Å². The van der Waals surface area contributed by atoms with Crippen LogP contribution in [0.3, 0.4) is 0 Å². The zero-order valence-corrected chi connectivity index (χ0v) is 18.0. The van der Waals surface area contributed by atoms with Gasteiger partial charge in [-0.1, -0.05) is 24.3 Å². The fourth-order valence-electron chi connectivity index (χ4n) is 5.44. The number of aliphatic hydroxyl groups excluding tert-OH is 1. The van der Waals surface area contributed by atoms with Crippen LogP contribution in [0.15, 0.2) is 24.3 Å². The summed E-state index contributed by atoms with van der Waals surface area (Å²) in [6, 6.07) is -0.952. The summed E-state index contributed by atoms with van der Waals surface area (Å²) in [4.78, 5) is 43.4. The number of rotatable bonds is 2. The highest BCUT2D eigenvalue weighted by Gasteiger charge is 2.74. The lowest BCUT2D eigenvalue weighted by atomic mass is 9.74. The van der Waals surface area contributed by atoms with Crippen molar-refractivity contribution < 1.29 is 29.0 Å². The smallest absolute Gasteiger partial charge is 0.313 e. The van der Waals surface area contributed by atoms with Crippen molar-refractivity contribution in [1.82, 2.24) is 9.80 Å². The fourth-order valence-corrected chi connectivity index (χ4v) is 5.44. The summed E-state index contributed by atoms with van der Waals surface area (Å²) in [6.45, 7) is 7.91. The number of carbonyl (C=O) groups excluding carboxylic acids is 3. The molecule has 2 fully saturated rings. The van der Waals surface area contributed by atoms with Crippen molar-refractivity contribution in [3.05, 3.63) is 24.3 Å². The van der Waals surface area contributed by atoms with Crippen molar-refractivity contribution in [3.63, 3.8) is 0 Å². The monoisotopic (exact) mass is 418 g/mol. The molecule has 30 heavy (non-hydrogen) atoms. The van der Waals surface area contributed by atoms with Crippen LogP contribution in [0, 0.1) is 11.8 Å². The van der Waals surface area contributed by atoms with E-state index in [9.17, 15) is 19.5 Å². The standard InChI is InChI=1S/C22H30N2O6/c1-20(2,3)24-10-7-9-22-14(17(26)23(11-12-25)16(22)18(24)27)15-19(28)29-13-6-5-8-21(15,4)30-22/h5,7-9,14-16,25H,6,10-13H2,1-4H3/t14-,15+,16?,21-,22-/m0/s1. The Bertz CT molecular complexity index is 830. The van der Waals surface area contributed by atoms with Crippen LogP contribution in [0.1, 0.15) is 34.1 Å². The van der Waals surface area contributed by atoms with Gasteiger partial charge in [-0.3, -0.25) is 14.4 Å². The van der Waals surface area contributed by atoms with Crippen molar-refractivity contribution in [2.45, 2.75) is 56.9 Å². The van der Waals surface area contributed by atoms with Gasteiger partial charge in [0.15, 0.2) is 0 Å². The molecule has 0 radical (unpaired) electrons. The summed E-state index contributed by atoms with van der Waals surface area (Å²) in [5.41, 5.74) is -2.83. The van der Waals surface area contributed by atoms with Crippen LogP contribution in [0.5, 0.6) is 0 Å². The first-order valence-electron chi connectivity index (χ1n) is 10.5. The maximum absolute atomic E-state index is 13.8. The van der Waals surface area contributed by atoms with E-state index in [1.54, 1.807) is 17.9 Å². The minimum absolute atomic E-state index is 0.00298. The van der Waals surface area contributed by atoms with E-state index >= 15 is 0 Å². The van der Waals surface area contributed by atoms with Gasteiger partial charge in [0.2, 0.25) is 11.8 Å². The molecule has 0 bridgehead atoms. The predicted molar refractivity (Wildman–Crippen MR) is 107 cm³/mol. The first-order chi connectivity index (χ1) is 14.1. The second kappa shape index (κ2) is 6.92. The lowest BCUT2D eigenvalue weighted by Crippen LogP contribution is -2.59. The normalized spacial score (nSPS) is 38.6. The lowest BCUT2D eigenvalue weighted by molar-refractivity contribution is -0.161. The van der Waals surface area contributed by atoms with Crippen LogP contribution in [0.2, 0.25) is 0 Å². The predicted octanol–water partition coefficient (Wildman–Crippen LogP) is 0.650. The van der Waals surface area contributed by atoms with Crippen LogP contribution in [0.25, 0.3) is 0 Å². The number of aliphatic hydroxyl groups is 1. The Morgan fingerprint density at radius 1 is 1.13 bits per heavy atom. The summed E-state index contributed by atoms with van der Waals surface area (Å²) in [5, 5.41) is 9.61. The number of amides is 2. The molecule has 5 atom stereocenters. The Morgan fingerprint density at radius 2 is 1.87 bits per heavy atom. The molecular formula is C22H30N2O6. The Hall–Kier alpha value is -2.19. The molecule has 1 spiro atoms. The zero-order valence-electron chi connectivity index (χ0n) is 18.0. The second-order valence-electron chi connectivity index (χ2n) is 9.63. The molecule has 0 aromatic heterocycles. The summed E-state index contributed by atoms with van der Waals surface area (Å²) in [6.07, 6.45) is 7.93. The first-order valence-corrected chi connectivity index (χ1v) is 10.5. The molecule has 8 nitrogen and oxygen atoms in total. The minimum Gasteiger partial charge on any atom is -0.465 e. The quantitative estimate of drug-likeness (QED) is 0.523. The molecule has 0 aliphatic carbocycles. The van der Waals surface area contributed by atoms with Crippen molar-refractivity contribution in [1.29, 1.82) is 0 Å². The topological polar surface area (TPSA) is 96.4 Å². The number of β-amino-alcohol motifs (C(OH)–C–C–N with tert-alkyl or cyclic N) is 1. The van der Waals surface area contributed by atoms with Crippen LogP contribution >= 0.6 is 0 Å². The van der Waals surface area contributed by atoms with Gasteiger partial charge in [-0.15, -0.1) is 0 Å². The molecule has 1 N–H and O–H groups in total. The van der Waals surface area contributed by atoms with E-state index in [1.165, 1.54) is 4.90 Å². The van der Waals surface area contributed by atoms with E-state index in [0.29, 0.717) is 13.0 Å². The summed E-state index contributed by atoms with van der Waals surface area (Å²) in [5.74, 6) is -2.85. The van der Waals surface area contributed by atoms with Gasteiger partial charge in [-0.05, 0) is 34.1 Å². The highest BCUT2D eigenvalue weighted by atomic mass is 16.6. The Kier molecular flexibility index (Phi) is 4.86. The molecule has 164 valence electrons.